The van der Waals surface area contributed by atoms with E-state index in [2.05, 4.69) is 10.3 Å². The van der Waals surface area contributed by atoms with Crippen LogP contribution in [0, 0.1) is 0 Å². The van der Waals surface area contributed by atoms with Gasteiger partial charge in [0, 0.05) is 52.3 Å². The number of nitrogens with one attached hydrogen (secondary N) is 1. The van der Waals surface area contributed by atoms with Crippen molar-refractivity contribution in [3.8, 4) is 0 Å². The van der Waals surface area contributed by atoms with Crippen LogP contribution in [-0.4, -0.2) is 62.2 Å². The molecule has 0 atom stereocenters. The molecule has 0 spiro atoms. The summed E-state index contributed by atoms with van der Waals surface area (Å²) in [4.78, 5) is 31.3. The number of aryl methyl sites for hydroxylation is 1. The quantitative estimate of drug-likeness (QED) is 0.464. The summed E-state index contributed by atoms with van der Waals surface area (Å²) in [5.74, 6) is -0.120. The van der Waals surface area contributed by atoms with Crippen LogP contribution >= 0.6 is 11.3 Å². The van der Waals surface area contributed by atoms with Gasteiger partial charge in [0.05, 0.1) is 6.54 Å². The molecule has 0 unspecified atom stereocenters. The van der Waals surface area contributed by atoms with E-state index in [9.17, 15) is 9.59 Å². The van der Waals surface area contributed by atoms with Gasteiger partial charge in [0.15, 0.2) is 0 Å². The van der Waals surface area contributed by atoms with Crippen molar-refractivity contribution in [1.29, 1.82) is 0 Å². The van der Waals surface area contributed by atoms with Crippen molar-refractivity contribution in [2.24, 2.45) is 0 Å². The van der Waals surface area contributed by atoms with Crippen LogP contribution < -0.4 is 5.32 Å². The predicted octanol–water partition coefficient (Wildman–Crippen LogP) is 2.91. The molecule has 0 aliphatic rings. The van der Waals surface area contributed by atoms with Gasteiger partial charge in [0.2, 0.25) is 5.91 Å². The second-order valence-corrected chi connectivity index (χ2v) is 7.82. The molecular weight excluding hydrogens is 402 g/mol. The average Bonchev–Trinajstić information content (AvgIpc) is 3.24. The number of carbonyl (C=O) groups excluding carboxylic acids is 2. The molecule has 0 saturated heterocycles. The third-order valence-corrected chi connectivity index (χ3v) is 5.35. The van der Waals surface area contributed by atoms with Crippen molar-refractivity contribution in [2.45, 2.75) is 32.2 Å². The number of thiazole rings is 1. The number of amides is 2. The number of aromatic nitrogens is 1. The van der Waals surface area contributed by atoms with Gasteiger partial charge in [-0.2, -0.15) is 0 Å². The van der Waals surface area contributed by atoms with Crippen molar-refractivity contribution in [1.82, 2.24) is 15.2 Å². The zero-order valence-corrected chi connectivity index (χ0v) is 18.6. The molecule has 0 fully saturated rings. The molecule has 1 aromatic heterocycles. The molecule has 7 nitrogen and oxygen atoms in total. The molecular formula is C22H31N3O4S. The van der Waals surface area contributed by atoms with Crippen LogP contribution in [0.5, 0.6) is 0 Å². The minimum atomic E-state index is -0.199. The molecule has 0 aliphatic heterocycles. The number of nitrogens with zero attached hydrogens (tertiary/aromatic N) is 2. The smallest absolute Gasteiger partial charge is 0.270 e. The maximum atomic E-state index is 12.8. The molecule has 0 bridgehead atoms. The third kappa shape index (κ3) is 8.61. The Hall–Kier alpha value is -2.29. The normalized spacial score (nSPS) is 10.7. The fourth-order valence-corrected chi connectivity index (χ4v) is 3.69. The zero-order chi connectivity index (χ0) is 21.6. The van der Waals surface area contributed by atoms with Crippen molar-refractivity contribution in [3.63, 3.8) is 0 Å². The average molecular weight is 434 g/mol. The molecule has 2 rings (SSSR count). The lowest BCUT2D eigenvalue weighted by molar-refractivity contribution is -0.132. The summed E-state index contributed by atoms with van der Waals surface area (Å²) in [6.45, 7) is 2.73. The van der Waals surface area contributed by atoms with E-state index in [1.54, 1.807) is 24.5 Å². The van der Waals surface area contributed by atoms with Gasteiger partial charge in [-0.05, 0) is 24.8 Å². The van der Waals surface area contributed by atoms with Gasteiger partial charge in [0.25, 0.3) is 5.91 Å². The summed E-state index contributed by atoms with van der Waals surface area (Å²) in [5, 5.41) is 5.32. The van der Waals surface area contributed by atoms with Crippen LogP contribution in [-0.2, 0) is 27.2 Å². The number of methoxy groups -OCH3 is 2. The van der Waals surface area contributed by atoms with E-state index in [1.165, 1.54) is 11.3 Å². The third-order valence-electron chi connectivity index (χ3n) is 4.52. The minimum Gasteiger partial charge on any atom is -0.385 e. The van der Waals surface area contributed by atoms with Gasteiger partial charge in [-0.25, -0.2) is 4.98 Å². The Morgan fingerprint density at radius 2 is 1.83 bits per heavy atom. The maximum Gasteiger partial charge on any atom is 0.270 e. The SMILES string of the molecule is COCCCNC(=O)c1csc(CN(CCCOC)C(=O)CCc2ccccc2)n1. The number of hydrogen-bond acceptors (Lipinski definition) is 6. The highest BCUT2D eigenvalue weighted by atomic mass is 32.1. The summed E-state index contributed by atoms with van der Waals surface area (Å²) >= 11 is 1.40. The lowest BCUT2D eigenvalue weighted by Gasteiger charge is -2.21. The van der Waals surface area contributed by atoms with Crippen molar-refractivity contribution < 1.29 is 19.1 Å². The molecule has 30 heavy (non-hydrogen) atoms. The lowest BCUT2D eigenvalue weighted by atomic mass is 10.1. The summed E-state index contributed by atoms with van der Waals surface area (Å²) < 4.78 is 10.1. The van der Waals surface area contributed by atoms with Crippen LogP contribution in [0.2, 0.25) is 0 Å². The van der Waals surface area contributed by atoms with E-state index in [0.717, 1.165) is 23.4 Å². The first-order valence-electron chi connectivity index (χ1n) is 10.2. The fourth-order valence-electron chi connectivity index (χ4n) is 2.91. The van der Waals surface area contributed by atoms with Crippen LogP contribution in [0.1, 0.15) is 40.3 Å². The molecule has 2 amide bonds. The summed E-state index contributed by atoms with van der Waals surface area (Å²) in [6.07, 6.45) is 2.65. The van der Waals surface area contributed by atoms with E-state index in [0.29, 0.717) is 51.4 Å². The Kier molecular flexibility index (Phi) is 11.1. The van der Waals surface area contributed by atoms with Gasteiger partial charge in [-0.1, -0.05) is 30.3 Å². The predicted molar refractivity (Wildman–Crippen MR) is 118 cm³/mol. The van der Waals surface area contributed by atoms with Crippen molar-refractivity contribution in [3.05, 3.63) is 52.0 Å². The second-order valence-electron chi connectivity index (χ2n) is 6.88. The second kappa shape index (κ2) is 13.8. The van der Waals surface area contributed by atoms with Crippen LogP contribution in [0.4, 0.5) is 0 Å². The molecule has 0 radical (unpaired) electrons. The maximum absolute atomic E-state index is 12.8. The van der Waals surface area contributed by atoms with E-state index < -0.39 is 0 Å². The Bertz CT molecular complexity index is 767. The summed E-state index contributed by atoms with van der Waals surface area (Å²) in [7, 11) is 3.29. The number of carbonyl (C=O) groups is 2. The van der Waals surface area contributed by atoms with Gasteiger partial charge >= 0.3 is 0 Å². The highest BCUT2D eigenvalue weighted by Gasteiger charge is 2.17. The highest BCUT2D eigenvalue weighted by molar-refractivity contribution is 7.09. The first-order valence-corrected chi connectivity index (χ1v) is 11.0. The van der Waals surface area contributed by atoms with Crippen molar-refractivity contribution >= 4 is 23.2 Å². The molecule has 1 aromatic carbocycles. The first kappa shape index (κ1) is 24.0. The zero-order valence-electron chi connectivity index (χ0n) is 17.8. The van der Waals surface area contributed by atoms with E-state index in [-0.39, 0.29) is 11.8 Å². The summed E-state index contributed by atoms with van der Waals surface area (Å²) in [6, 6.07) is 9.99. The molecule has 0 aliphatic carbocycles. The molecule has 164 valence electrons. The standard InChI is InChI=1S/C22H31N3O4S/c1-28-14-6-12-23-22(27)19-17-30-20(24-19)16-25(13-7-15-29-2)21(26)11-10-18-8-4-3-5-9-18/h3-5,8-9,17H,6-7,10-16H2,1-2H3,(H,23,27). The molecule has 1 N–H and O–H groups in total. The van der Waals surface area contributed by atoms with E-state index >= 15 is 0 Å². The Morgan fingerprint density at radius 3 is 2.57 bits per heavy atom. The minimum absolute atomic E-state index is 0.0794. The number of hydrogen-bond donors (Lipinski definition) is 1. The molecule has 1 heterocycles. The number of rotatable bonds is 14. The van der Waals surface area contributed by atoms with Crippen LogP contribution in [0.3, 0.4) is 0 Å². The highest BCUT2D eigenvalue weighted by Crippen LogP contribution is 2.15. The Labute approximate surface area is 182 Å². The Morgan fingerprint density at radius 1 is 1.10 bits per heavy atom. The largest absolute Gasteiger partial charge is 0.385 e. The monoisotopic (exact) mass is 433 g/mol. The van der Waals surface area contributed by atoms with Crippen LogP contribution in [0.15, 0.2) is 35.7 Å². The molecule has 8 heteroatoms. The fraction of sp³-hybridized carbons (Fsp3) is 0.500. The molecule has 2 aromatic rings. The molecule has 0 saturated carbocycles. The summed E-state index contributed by atoms with van der Waals surface area (Å²) in [5.41, 5.74) is 1.53. The van der Waals surface area contributed by atoms with Crippen molar-refractivity contribution in [2.75, 3.05) is 40.5 Å². The van der Waals surface area contributed by atoms with Crippen LogP contribution in [0.25, 0.3) is 0 Å². The first-order chi connectivity index (χ1) is 14.6. The number of ether oxygens (including phenoxy) is 2. The van der Waals surface area contributed by atoms with E-state index in [4.69, 9.17) is 9.47 Å². The number of benzene rings is 1. The topological polar surface area (TPSA) is 80.8 Å². The van der Waals surface area contributed by atoms with Gasteiger partial charge in [0.1, 0.15) is 10.7 Å². The van der Waals surface area contributed by atoms with E-state index in [1.807, 2.05) is 30.3 Å². The Balaban J connectivity index is 1.92. The van der Waals surface area contributed by atoms with Gasteiger partial charge in [-0.15, -0.1) is 11.3 Å². The van der Waals surface area contributed by atoms with Gasteiger partial charge < -0.3 is 19.7 Å². The van der Waals surface area contributed by atoms with Gasteiger partial charge in [-0.3, -0.25) is 9.59 Å². The lowest BCUT2D eigenvalue weighted by Crippen LogP contribution is -2.32.